The van der Waals surface area contributed by atoms with Crippen LogP contribution >= 0.6 is 0 Å². The third-order valence-electron chi connectivity index (χ3n) is 4.02. The zero-order valence-corrected chi connectivity index (χ0v) is 16.2. The number of hydrogen-bond donors (Lipinski definition) is 2. The molecule has 0 unspecified atom stereocenters. The fourth-order valence-corrected chi connectivity index (χ4v) is 3.64. The minimum Gasteiger partial charge on any atom is -0.496 e. The zero-order valence-electron chi connectivity index (χ0n) is 15.4. The van der Waals surface area contributed by atoms with Gasteiger partial charge >= 0.3 is 0 Å². The predicted octanol–water partition coefficient (Wildman–Crippen LogP) is 4.25. The van der Waals surface area contributed by atoms with Gasteiger partial charge in [-0.1, -0.05) is 17.7 Å². The standard InChI is InChI=1S/C20H21N3O3S/c1-14-4-6-16(7-5-14)22-17-8-11-20(21-13-17)23-27(24,25)18-9-10-19(26-3)15(2)12-18/h4-13,22H,1-3H3,(H,21,23). The van der Waals surface area contributed by atoms with E-state index in [0.29, 0.717) is 5.75 Å². The number of pyridine rings is 1. The zero-order chi connectivity index (χ0) is 19.4. The summed E-state index contributed by atoms with van der Waals surface area (Å²) in [6.45, 7) is 3.82. The molecule has 0 aliphatic heterocycles. The molecule has 0 aliphatic rings. The van der Waals surface area contributed by atoms with Crippen molar-refractivity contribution in [2.75, 3.05) is 17.1 Å². The van der Waals surface area contributed by atoms with Crippen molar-refractivity contribution >= 4 is 27.2 Å². The van der Waals surface area contributed by atoms with Crippen LogP contribution in [-0.4, -0.2) is 20.5 Å². The van der Waals surface area contributed by atoms with Crippen LogP contribution in [0.4, 0.5) is 17.2 Å². The van der Waals surface area contributed by atoms with E-state index in [1.807, 2.05) is 31.2 Å². The van der Waals surface area contributed by atoms with Crippen molar-refractivity contribution in [3.8, 4) is 5.75 Å². The summed E-state index contributed by atoms with van der Waals surface area (Å²) >= 11 is 0. The average molecular weight is 383 g/mol. The number of hydrogen-bond acceptors (Lipinski definition) is 5. The maximum Gasteiger partial charge on any atom is 0.263 e. The molecule has 2 aromatic carbocycles. The number of benzene rings is 2. The highest BCUT2D eigenvalue weighted by Crippen LogP contribution is 2.23. The monoisotopic (exact) mass is 383 g/mol. The fraction of sp³-hybridized carbons (Fsp3) is 0.150. The summed E-state index contributed by atoms with van der Waals surface area (Å²) in [7, 11) is -2.18. The molecule has 0 aliphatic carbocycles. The van der Waals surface area contributed by atoms with Crippen molar-refractivity contribution in [3.63, 3.8) is 0 Å². The number of sulfonamides is 1. The molecule has 0 radical (unpaired) electrons. The third kappa shape index (κ3) is 4.57. The first-order valence-corrected chi connectivity index (χ1v) is 9.83. The molecule has 3 rings (SSSR count). The van der Waals surface area contributed by atoms with Crippen molar-refractivity contribution < 1.29 is 13.2 Å². The van der Waals surface area contributed by atoms with E-state index in [2.05, 4.69) is 15.0 Å². The topological polar surface area (TPSA) is 80.3 Å². The molecule has 1 aromatic heterocycles. The lowest BCUT2D eigenvalue weighted by Gasteiger charge is -2.11. The molecular weight excluding hydrogens is 362 g/mol. The number of nitrogens with one attached hydrogen (secondary N) is 2. The van der Waals surface area contributed by atoms with E-state index in [-0.39, 0.29) is 10.7 Å². The Balaban J connectivity index is 1.73. The Bertz CT molecular complexity index is 1030. The van der Waals surface area contributed by atoms with Gasteiger partial charge in [-0.05, 0) is 61.9 Å². The van der Waals surface area contributed by atoms with Gasteiger partial charge in [0.25, 0.3) is 10.0 Å². The summed E-state index contributed by atoms with van der Waals surface area (Å²) in [6, 6.07) is 16.0. The Hall–Kier alpha value is -3.06. The molecular formula is C20H21N3O3S. The van der Waals surface area contributed by atoms with Crippen molar-refractivity contribution in [1.29, 1.82) is 0 Å². The number of methoxy groups -OCH3 is 1. The number of aromatic nitrogens is 1. The molecule has 0 fully saturated rings. The molecule has 7 heteroatoms. The highest BCUT2D eigenvalue weighted by atomic mass is 32.2. The summed E-state index contributed by atoms with van der Waals surface area (Å²) < 4.78 is 32.8. The van der Waals surface area contributed by atoms with E-state index in [1.165, 1.54) is 11.6 Å². The number of rotatable bonds is 6. The lowest BCUT2D eigenvalue weighted by molar-refractivity contribution is 0.411. The van der Waals surface area contributed by atoms with Crippen LogP contribution in [0.1, 0.15) is 11.1 Å². The molecule has 0 amide bonds. The average Bonchev–Trinajstić information content (AvgIpc) is 2.65. The Morgan fingerprint density at radius 3 is 2.22 bits per heavy atom. The summed E-state index contributed by atoms with van der Waals surface area (Å²) in [6.07, 6.45) is 1.58. The number of ether oxygens (including phenoxy) is 1. The van der Waals surface area contributed by atoms with Crippen LogP contribution in [0.15, 0.2) is 65.7 Å². The van der Waals surface area contributed by atoms with E-state index >= 15 is 0 Å². The molecule has 0 saturated heterocycles. The van der Waals surface area contributed by atoms with Gasteiger partial charge in [-0.2, -0.15) is 0 Å². The Morgan fingerprint density at radius 1 is 0.926 bits per heavy atom. The van der Waals surface area contributed by atoms with Gasteiger partial charge < -0.3 is 10.1 Å². The summed E-state index contributed by atoms with van der Waals surface area (Å²) in [5.74, 6) is 0.886. The van der Waals surface area contributed by atoms with Gasteiger partial charge in [0, 0.05) is 5.69 Å². The fourth-order valence-electron chi connectivity index (χ4n) is 2.55. The SMILES string of the molecule is COc1ccc(S(=O)(=O)Nc2ccc(Nc3ccc(C)cc3)cn2)cc1C. The summed E-state index contributed by atoms with van der Waals surface area (Å²) in [4.78, 5) is 4.34. The second-order valence-electron chi connectivity index (χ2n) is 6.16. The van der Waals surface area contributed by atoms with E-state index < -0.39 is 10.0 Å². The number of nitrogens with zero attached hydrogens (tertiary/aromatic N) is 1. The lowest BCUT2D eigenvalue weighted by Crippen LogP contribution is -2.14. The first-order chi connectivity index (χ1) is 12.9. The molecule has 3 aromatic rings. The van der Waals surface area contributed by atoms with Crippen LogP contribution in [-0.2, 0) is 10.0 Å². The van der Waals surface area contributed by atoms with E-state index in [4.69, 9.17) is 4.74 Å². The van der Waals surface area contributed by atoms with E-state index in [9.17, 15) is 8.42 Å². The van der Waals surface area contributed by atoms with Gasteiger partial charge in [-0.3, -0.25) is 4.72 Å². The highest BCUT2D eigenvalue weighted by Gasteiger charge is 2.16. The van der Waals surface area contributed by atoms with Gasteiger partial charge in [-0.25, -0.2) is 13.4 Å². The molecule has 0 saturated carbocycles. The van der Waals surface area contributed by atoms with Crippen LogP contribution < -0.4 is 14.8 Å². The molecule has 6 nitrogen and oxygen atoms in total. The minimum absolute atomic E-state index is 0.157. The van der Waals surface area contributed by atoms with Gasteiger partial charge in [0.1, 0.15) is 11.6 Å². The Morgan fingerprint density at radius 2 is 1.63 bits per heavy atom. The molecule has 0 spiro atoms. The van der Waals surface area contributed by atoms with Crippen LogP contribution in [0.3, 0.4) is 0 Å². The largest absolute Gasteiger partial charge is 0.496 e. The van der Waals surface area contributed by atoms with Gasteiger partial charge in [0.2, 0.25) is 0 Å². The van der Waals surface area contributed by atoms with Crippen LogP contribution in [0.2, 0.25) is 0 Å². The van der Waals surface area contributed by atoms with Gasteiger partial charge in [0.05, 0.1) is 23.9 Å². The maximum atomic E-state index is 12.6. The number of anilines is 3. The van der Waals surface area contributed by atoms with Crippen molar-refractivity contribution in [2.45, 2.75) is 18.7 Å². The third-order valence-corrected chi connectivity index (χ3v) is 5.37. The second kappa shape index (κ2) is 7.67. The smallest absolute Gasteiger partial charge is 0.263 e. The summed E-state index contributed by atoms with van der Waals surface area (Å²) in [5.41, 5.74) is 3.62. The van der Waals surface area contributed by atoms with E-state index in [0.717, 1.165) is 16.9 Å². The second-order valence-corrected chi connectivity index (χ2v) is 7.84. The van der Waals surface area contributed by atoms with Crippen LogP contribution in [0, 0.1) is 13.8 Å². The van der Waals surface area contributed by atoms with E-state index in [1.54, 1.807) is 44.5 Å². The molecule has 140 valence electrons. The van der Waals surface area contributed by atoms with Gasteiger partial charge in [0.15, 0.2) is 0 Å². The first-order valence-electron chi connectivity index (χ1n) is 8.34. The molecule has 0 bridgehead atoms. The Kier molecular flexibility index (Phi) is 5.32. The first kappa shape index (κ1) is 18.7. The molecule has 27 heavy (non-hydrogen) atoms. The molecule has 0 atom stereocenters. The van der Waals surface area contributed by atoms with Crippen molar-refractivity contribution in [1.82, 2.24) is 4.98 Å². The summed E-state index contributed by atoms with van der Waals surface area (Å²) in [5, 5.41) is 3.22. The van der Waals surface area contributed by atoms with Crippen LogP contribution in [0.25, 0.3) is 0 Å². The number of aryl methyl sites for hydroxylation is 2. The molecule has 1 heterocycles. The normalized spacial score (nSPS) is 11.1. The Labute approximate surface area is 159 Å². The predicted molar refractivity (Wildman–Crippen MR) is 107 cm³/mol. The van der Waals surface area contributed by atoms with Crippen LogP contribution in [0.5, 0.6) is 5.75 Å². The highest BCUT2D eigenvalue weighted by molar-refractivity contribution is 7.92. The van der Waals surface area contributed by atoms with Gasteiger partial charge in [-0.15, -0.1) is 0 Å². The molecule has 2 N–H and O–H groups in total. The minimum atomic E-state index is -3.73. The van der Waals surface area contributed by atoms with Crippen molar-refractivity contribution in [3.05, 3.63) is 71.9 Å². The maximum absolute atomic E-state index is 12.6. The lowest BCUT2D eigenvalue weighted by atomic mass is 10.2. The van der Waals surface area contributed by atoms with Crippen molar-refractivity contribution in [2.24, 2.45) is 0 Å². The quantitative estimate of drug-likeness (QED) is 0.665.